The van der Waals surface area contributed by atoms with E-state index in [1.165, 1.54) is 5.56 Å². The third-order valence-electron chi connectivity index (χ3n) is 4.46. The summed E-state index contributed by atoms with van der Waals surface area (Å²) < 4.78 is 17.3. The molecule has 0 saturated carbocycles. The van der Waals surface area contributed by atoms with E-state index >= 15 is 0 Å². The van der Waals surface area contributed by atoms with E-state index < -0.39 is 0 Å². The van der Waals surface area contributed by atoms with Gasteiger partial charge in [0.05, 0.1) is 13.2 Å². The summed E-state index contributed by atoms with van der Waals surface area (Å²) in [6, 6.07) is 14.4. The largest absolute Gasteiger partial charge is 0.493 e. The van der Waals surface area contributed by atoms with Crippen LogP contribution in [0.4, 0.5) is 0 Å². The molecule has 1 aliphatic rings. The molecule has 1 N–H and O–H groups in total. The quantitative estimate of drug-likeness (QED) is 0.792. The first-order chi connectivity index (χ1) is 12.3. The first kappa shape index (κ1) is 17.8. The van der Waals surface area contributed by atoms with Crippen LogP contribution in [0.5, 0.6) is 11.5 Å². The number of benzene rings is 2. The summed E-state index contributed by atoms with van der Waals surface area (Å²) >= 11 is 0. The molecule has 134 valence electrons. The molecule has 1 fully saturated rings. The van der Waals surface area contributed by atoms with Crippen molar-refractivity contribution in [3.8, 4) is 11.5 Å². The Hall–Kier alpha value is -2.04. The lowest BCUT2D eigenvalue weighted by molar-refractivity contribution is 0.110. The second kappa shape index (κ2) is 8.88. The Morgan fingerprint density at radius 3 is 2.84 bits per heavy atom. The molecule has 2 aromatic rings. The first-order valence-corrected chi connectivity index (χ1v) is 8.93. The summed E-state index contributed by atoms with van der Waals surface area (Å²) in [7, 11) is 1.68. The minimum absolute atomic E-state index is 0.335. The topological polar surface area (TPSA) is 39.7 Å². The highest BCUT2D eigenvalue weighted by Gasteiger charge is 2.16. The summed E-state index contributed by atoms with van der Waals surface area (Å²) in [5, 5.41) is 3.48. The Kier molecular flexibility index (Phi) is 6.31. The number of rotatable bonds is 8. The van der Waals surface area contributed by atoms with E-state index in [0.29, 0.717) is 12.7 Å². The van der Waals surface area contributed by atoms with Crippen molar-refractivity contribution in [1.29, 1.82) is 0 Å². The second-order valence-electron chi connectivity index (χ2n) is 6.49. The van der Waals surface area contributed by atoms with Gasteiger partial charge in [-0.1, -0.05) is 42.0 Å². The SMILES string of the molecule is COc1cccc(CNC[C@@H]2CCCO2)c1OCc1cccc(C)c1. The maximum atomic E-state index is 6.13. The minimum atomic E-state index is 0.335. The van der Waals surface area contributed by atoms with Gasteiger partial charge in [-0.2, -0.15) is 0 Å². The lowest BCUT2D eigenvalue weighted by atomic mass is 10.1. The van der Waals surface area contributed by atoms with Gasteiger partial charge in [0.2, 0.25) is 0 Å². The Bertz CT molecular complexity index is 681. The van der Waals surface area contributed by atoms with Crippen molar-refractivity contribution in [2.45, 2.75) is 39.0 Å². The smallest absolute Gasteiger partial charge is 0.166 e. The van der Waals surface area contributed by atoms with Gasteiger partial charge in [-0.25, -0.2) is 0 Å². The Balaban J connectivity index is 1.65. The van der Waals surface area contributed by atoms with Crippen molar-refractivity contribution in [3.63, 3.8) is 0 Å². The van der Waals surface area contributed by atoms with Crippen LogP contribution in [-0.4, -0.2) is 26.4 Å². The van der Waals surface area contributed by atoms with E-state index in [1.54, 1.807) is 7.11 Å². The van der Waals surface area contributed by atoms with E-state index in [2.05, 4.69) is 42.6 Å². The predicted molar refractivity (Wildman–Crippen MR) is 99.2 cm³/mol. The standard InChI is InChI=1S/C21H27NO3/c1-16-6-3-7-17(12-16)15-25-21-18(8-4-10-20(21)23-2)13-22-14-19-9-5-11-24-19/h3-4,6-8,10,12,19,22H,5,9,11,13-15H2,1-2H3/t19-/m0/s1. The Labute approximate surface area is 150 Å². The van der Waals surface area contributed by atoms with Crippen LogP contribution in [0.2, 0.25) is 0 Å². The van der Waals surface area contributed by atoms with Crippen LogP contribution in [0.3, 0.4) is 0 Å². The molecule has 0 aliphatic carbocycles. The van der Waals surface area contributed by atoms with Crippen molar-refractivity contribution >= 4 is 0 Å². The molecule has 4 heteroatoms. The molecule has 1 aliphatic heterocycles. The summed E-state index contributed by atoms with van der Waals surface area (Å²) in [5.74, 6) is 1.58. The van der Waals surface area contributed by atoms with E-state index in [1.807, 2.05) is 12.1 Å². The van der Waals surface area contributed by atoms with Gasteiger partial charge in [0, 0.05) is 25.3 Å². The van der Waals surface area contributed by atoms with Gasteiger partial charge in [-0.15, -0.1) is 0 Å². The van der Waals surface area contributed by atoms with Crippen LogP contribution in [0, 0.1) is 6.92 Å². The maximum Gasteiger partial charge on any atom is 0.166 e. The second-order valence-corrected chi connectivity index (χ2v) is 6.49. The normalized spacial score (nSPS) is 16.8. The third-order valence-corrected chi connectivity index (χ3v) is 4.46. The van der Waals surface area contributed by atoms with Gasteiger partial charge in [-0.3, -0.25) is 0 Å². The average molecular weight is 341 g/mol. The molecular weight excluding hydrogens is 314 g/mol. The maximum absolute atomic E-state index is 6.13. The Morgan fingerprint density at radius 1 is 1.20 bits per heavy atom. The number of para-hydroxylation sites is 1. The van der Waals surface area contributed by atoms with E-state index in [0.717, 1.165) is 55.2 Å². The van der Waals surface area contributed by atoms with Gasteiger partial charge >= 0.3 is 0 Å². The van der Waals surface area contributed by atoms with Gasteiger partial charge in [0.1, 0.15) is 6.61 Å². The molecule has 2 aromatic carbocycles. The zero-order valence-electron chi connectivity index (χ0n) is 15.1. The van der Waals surface area contributed by atoms with Crippen LogP contribution < -0.4 is 14.8 Å². The summed E-state index contributed by atoms with van der Waals surface area (Å²) in [6.07, 6.45) is 2.64. The number of methoxy groups -OCH3 is 1. The van der Waals surface area contributed by atoms with Crippen LogP contribution >= 0.6 is 0 Å². The first-order valence-electron chi connectivity index (χ1n) is 8.93. The van der Waals surface area contributed by atoms with Gasteiger partial charge in [-0.05, 0) is 31.4 Å². The van der Waals surface area contributed by atoms with Gasteiger partial charge in [0.15, 0.2) is 11.5 Å². The monoisotopic (exact) mass is 341 g/mol. The number of aryl methyl sites for hydroxylation is 1. The summed E-state index contributed by atoms with van der Waals surface area (Å²) in [5.41, 5.74) is 3.49. The highest BCUT2D eigenvalue weighted by Crippen LogP contribution is 2.32. The van der Waals surface area contributed by atoms with Crippen molar-refractivity contribution in [2.24, 2.45) is 0 Å². The molecule has 0 radical (unpaired) electrons. The van der Waals surface area contributed by atoms with Crippen LogP contribution in [0.1, 0.15) is 29.5 Å². The number of hydrogen-bond acceptors (Lipinski definition) is 4. The lowest BCUT2D eigenvalue weighted by Gasteiger charge is -2.17. The fraction of sp³-hybridized carbons (Fsp3) is 0.429. The molecular formula is C21H27NO3. The van der Waals surface area contributed by atoms with Crippen molar-refractivity contribution < 1.29 is 14.2 Å². The van der Waals surface area contributed by atoms with Crippen LogP contribution in [-0.2, 0) is 17.9 Å². The summed E-state index contributed by atoms with van der Waals surface area (Å²) in [6.45, 7) is 5.11. The van der Waals surface area contributed by atoms with Crippen LogP contribution in [0.25, 0.3) is 0 Å². The van der Waals surface area contributed by atoms with E-state index in [-0.39, 0.29) is 0 Å². The molecule has 4 nitrogen and oxygen atoms in total. The Morgan fingerprint density at radius 2 is 2.08 bits per heavy atom. The highest BCUT2D eigenvalue weighted by molar-refractivity contribution is 5.46. The van der Waals surface area contributed by atoms with Crippen molar-refractivity contribution in [1.82, 2.24) is 5.32 Å². The van der Waals surface area contributed by atoms with E-state index in [9.17, 15) is 0 Å². The zero-order valence-corrected chi connectivity index (χ0v) is 15.1. The highest BCUT2D eigenvalue weighted by atomic mass is 16.5. The van der Waals surface area contributed by atoms with Crippen molar-refractivity contribution in [2.75, 3.05) is 20.3 Å². The average Bonchev–Trinajstić information content (AvgIpc) is 3.14. The van der Waals surface area contributed by atoms with Crippen molar-refractivity contribution in [3.05, 3.63) is 59.2 Å². The fourth-order valence-electron chi connectivity index (χ4n) is 3.16. The van der Waals surface area contributed by atoms with E-state index in [4.69, 9.17) is 14.2 Å². The molecule has 1 heterocycles. The predicted octanol–water partition coefficient (Wildman–Crippen LogP) is 3.85. The minimum Gasteiger partial charge on any atom is -0.493 e. The molecule has 25 heavy (non-hydrogen) atoms. The molecule has 1 atom stereocenters. The third kappa shape index (κ3) is 4.97. The summed E-state index contributed by atoms with van der Waals surface area (Å²) in [4.78, 5) is 0. The molecule has 0 bridgehead atoms. The van der Waals surface area contributed by atoms with Crippen LogP contribution in [0.15, 0.2) is 42.5 Å². The lowest BCUT2D eigenvalue weighted by Crippen LogP contribution is -2.26. The molecule has 0 aromatic heterocycles. The molecule has 1 saturated heterocycles. The fourth-order valence-corrected chi connectivity index (χ4v) is 3.16. The molecule has 3 rings (SSSR count). The van der Waals surface area contributed by atoms with Gasteiger partial charge < -0.3 is 19.5 Å². The molecule has 0 unspecified atom stereocenters. The number of nitrogens with one attached hydrogen (secondary N) is 1. The van der Waals surface area contributed by atoms with Gasteiger partial charge in [0.25, 0.3) is 0 Å². The zero-order chi connectivity index (χ0) is 17.5. The molecule has 0 spiro atoms. The number of hydrogen-bond donors (Lipinski definition) is 1. The number of ether oxygens (including phenoxy) is 3. The molecule has 0 amide bonds.